The van der Waals surface area contributed by atoms with Crippen LogP contribution < -0.4 is 16.0 Å². The first-order valence-electron chi connectivity index (χ1n) is 9.50. The lowest BCUT2D eigenvalue weighted by Gasteiger charge is -2.24. The topological polar surface area (TPSA) is 108 Å². The van der Waals surface area contributed by atoms with E-state index in [4.69, 9.17) is 4.74 Å². The number of aromatic nitrogens is 1. The summed E-state index contributed by atoms with van der Waals surface area (Å²) in [5.41, 5.74) is 0.957. The molecular weight excluding hydrogens is 473 g/mol. The first-order valence-corrected chi connectivity index (χ1v) is 9.50. The number of nitrogens with zero attached hydrogens (tertiary/aromatic N) is 2. The van der Waals surface area contributed by atoms with Gasteiger partial charge in [-0.3, -0.25) is 9.79 Å². The number of aliphatic hydroxyl groups excluding tert-OH is 1. The Morgan fingerprint density at radius 3 is 2.82 bits per heavy atom. The van der Waals surface area contributed by atoms with Crippen LogP contribution in [0.4, 0.5) is 5.82 Å². The maximum absolute atomic E-state index is 12.0. The number of amides is 1. The van der Waals surface area contributed by atoms with E-state index < -0.39 is 0 Å². The molecule has 0 saturated carbocycles. The predicted octanol–water partition coefficient (Wildman–Crippen LogP) is 1.68. The monoisotopic (exact) mass is 505 g/mol. The summed E-state index contributed by atoms with van der Waals surface area (Å²) >= 11 is 0. The number of aryl methyl sites for hydroxylation is 1. The fourth-order valence-corrected chi connectivity index (χ4v) is 2.92. The highest BCUT2D eigenvalue weighted by atomic mass is 127. The van der Waals surface area contributed by atoms with Crippen molar-refractivity contribution in [3.05, 3.63) is 23.9 Å². The van der Waals surface area contributed by atoms with E-state index in [0.717, 1.165) is 18.5 Å². The normalized spacial score (nSPS) is 19.0. The highest BCUT2D eigenvalue weighted by Gasteiger charge is 2.34. The molecule has 8 nitrogen and oxygen atoms in total. The van der Waals surface area contributed by atoms with Gasteiger partial charge in [0, 0.05) is 44.3 Å². The maximum atomic E-state index is 12.0. The van der Waals surface area contributed by atoms with Crippen LogP contribution in [0.2, 0.25) is 0 Å². The van der Waals surface area contributed by atoms with Crippen LogP contribution in [-0.2, 0) is 9.53 Å². The molecule has 1 amide bonds. The molecule has 4 N–H and O–H groups in total. The van der Waals surface area contributed by atoms with Gasteiger partial charge < -0.3 is 25.8 Å². The zero-order chi connectivity index (χ0) is 19.5. The number of halogens is 1. The fourth-order valence-electron chi connectivity index (χ4n) is 2.92. The second-order valence-corrected chi connectivity index (χ2v) is 6.92. The highest BCUT2D eigenvalue weighted by molar-refractivity contribution is 14.0. The molecule has 9 heteroatoms. The van der Waals surface area contributed by atoms with Crippen molar-refractivity contribution in [3.63, 3.8) is 0 Å². The molecule has 2 heterocycles. The number of rotatable bonds is 9. The molecule has 1 aliphatic rings. The van der Waals surface area contributed by atoms with Crippen LogP contribution in [-0.4, -0.2) is 61.4 Å². The molecule has 1 unspecified atom stereocenters. The SMILES string of the molecule is CCNC(=NCC1(CCO)CCOC1)NCCC(=O)Nc1ccc(C)cn1.I. The minimum Gasteiger partial charge on any atom is -0.396 e. The van der Waals surface area contributed by atoms with Gasteiger partial charge in [0.25, 0.3) is 0 Å². The third kappa shape index (κ3) is 8.27. The van der Waals surface area contributed by atoms with Crippen molar-refractivity contribution in [2.45, 2.75) is 33.1 Å². The Balaban J connectivity index is 0.00000392. The molecule has 1 aliphatic heterocycles. The van der Waals surface area contributed by atoms with Crippen molar-refractivity contribution in [2.75, 3.05) is 44.8 Å². The standard InChI is InChI=1S/C19H31N5O3.HI/c1-3-20-18(23-13-19(7-10-25)8-11-27-14-19)21-9-6-17(26)24-16-5-4-15(2)12-22-16;/h4-5,12,25H,3,6-11,13-14H2,1-2H3,(H2,20,21,23)(H,22,24,26);1H. The lowest BCUT2D eigenvalue weighted by Crippen LogP contribution is -2.40. The number of guanidine groups is 1. The van der Waals surface area contributed by atoms with E-state index in [1.54, 1.807) is 12.3 Å². The van der Waals surface area contributed by atoms with Gasteiger partial charge in [-0.15, -0.1) is 24.0 Å². The third-order valence-corrected chi connectivity index (χ3v) is 4.57. The fraction of sp³-hybridized carbons (Fsp3) is 0.632. The smallest absolute Gasteiger partial charge is 0.227 e. The van der Waals surface area contributed by atoms with Crippen molar-refractivity contribution in [1.29, 1.82) is 0 Å². The molecule has 1 saturated heterocycles. The zero-order valence-electron chi connectivity index (χ0n) is 16.7. The van der Waals surface area contributed by atoms with E-state index >= 15 is 0 Å². The van der Waals surface area contributed by atoms with Crippen LogP contribution in [0.1, 0.15) is 31.7 Å². The number of anilines is 1. The van der Waals surface area contributed by atoms with Gasteiger partial charge in [0.1, 0.15) is 5.82 Å². The van der Waals surface area contributed by atoms with Gasteiger partial charge in [-0.25, -0.2) is 4.98 Å². The summed E-state index contributed by atoms with van der Waals surface area (Å²) < 4.78 is 5.50. The van der Waals surface area contributed by atoms with Crippen LogP contribution >= 0.6 is 24.0 Å². The molecule has 28 heavy (non-hydrogen) atoms. The average molecular weight is 505 g/mol. The molecule has 0 aliphatic carbocycles. The molecular formula is C19H32IN5O3. The summed E-state index contributed by atoms with van der Waals surface area (Å²) in [5.74, 6) is 1.12. The van der Waals surface area contributed by atoms with Crippen LogP contribution in [0.25, 0.3) is 0 Å². The number of pyridine rings is 1. The first-order chi connectivity index (χ1) is 13.1. The summed E-state index contributed by atoms with van der Waals surface area (Å²) in [6.07, 6.45) is 3.62. The Hall–Kier alpha value is -1.46. The van der Waals surface area contributed by atoms with Gasteiger partial charge in [-0.05, 0) is 38.3 Å². The highest BCUT2D eigenvalue weighted by Crippen LogP contribution is 2.32. The summed E-state index contributed by atoms with van der Waals surface area (Å²) in [7, 11) is 0. The summed E-state index contributed by atoms with van der Waals surface area (Å²) in [4.78, 5) is 20.8. The number of ether oxygens (including phenoxy) is 1. The van der Waals surface area contributed by atoms with Gasteiger partial charge in [-0.1, -0.05) is 6.07 Å². The van der Waals surface area contributed by atoms with Gasteiger partial charge in [0.15, 0.2) is 5.96 Å². The Kier molecular flexibility index (Phi) is 11.3. The van der Waals surface area contributed by atoms with E-state index in [9.17, 15) is 9.90 Å². The van der Waals surface area contributed by atoms with Gasteiger partial charge in [0.05, 0.1) is 13.2 Å². The largest absolute Gasteiger partial charge is 0.396 e. The number of hydrogen-bond acceptors (Lipinski definition) is 5. The molecule has 0 spiro atoms. The number of nitrogens with one attached hydrogen (secondary N) is 3. The van der Waals surface area contributed by atoms with E-state index in [2.05, 4.69) is 25.9 Å². The van der Waals surface area contributed by atoms with E-state index in [-0.39, 0.29) is 41.9 Å². The predicted molar refractivity (Wildman–Crippen MR) is 121 cm³/mol. The lowest BCUT2D eigenvalue weighted by molar-refractivity contribution is -0.116. The number of hydrogen-bond donors (Lipinski definition) is 4. The average Bonchev–Trinajstić information content (AvgIpc) is 3.11. The quantitative estimate of drug-likeness (QED) is 0.231. The molecule has 158 valence electrons. The van der Waals surface area contributed by atoms with E-state index in [0.29, 0.717) is 50.9 Å². The minimum atomic E-state index is -0.101. The van der Waals surface area contributed by atoms with Crippen molar-refractivity contribution >= 4 is 41.7 Å². The number of aliphatic imine (C=N–C) groups is 1. The van der Waals surface area contributed by atoms with Gasteiger partial charge in [0.2, 0.25) is 5.91 Å². The third-order valence-electron chi connectivity index (χ3n) is 4.57. The Morgan fingerprint density at radius 2 is 2.21 bits per heavy atom. The second-order valence-electron chi connectivity index (χ2n) is 6.92. The van der Waals surface area contributed by atoms with Crippen LogP contribution in [0.15, 0.2) is 23.3 Å². The van der Waals surface area contributed by atoms with E-state index in [1.807, 2.05) is 19.9 Å². The van der Waals surface area contributed by atoms with Crippen LogP contribution in [0.5, 0.6) is 0 Å². The van der Waals surface area contributed by atoms with Crippen LogP contribution in [0, 0.1) is 12.3 Å². The summed E-state index contributed by atoms with van der Waals surface area (Å²) in [6, 6.07) is 3.70. The first kappa shape index (κ1) is 24.6. The molecule has 1 aromatic heterocycles. The summed E-state index contributed by atoms with van der Waals surface area (Å²) in [6.45, 7) is 7.21. The Morgan fingerprint density at radius 1 is 1.39 bits per heavy atom. The van der Waals surface area contributed by atoms with E-state index in [1.165, 1.54) is 0 Å². The maximum Gasteiger partial charge on any atom is 0.227 e. The summed E-state index contributed by atoms with van der Waals surface area (Å²) in [5, 5.41) is 18.5. The van der Waals surface area contributed by atoms with Crippen molar-refractivity contribution in [2.24, 2.45) is 10.4 Å². The Bertz CT molecular complexity index is 619. The Labute approximate surface area is 184 Å². The molecule has 0 bridgehead atoms. The molecule has 0 aromatic carbocycles. The molecule has 1 atom stereocenters. The molecule has 1 fully saturated rings. The lowest BCUT2D eigenvalue weighted by atomic mass is 9.84. The number of carbonyl (C=O) groups excluding carboxylic acids is 1. The number of carbonyl (C=O) groups is 1. The van der Waals surface area contributed by atoms with Gasteiger partial charge >= 0.3 is 0 Å². The zero-order valence-corrected chi connectivity index (χ0v) is 19.0. The van der Waals surface area contributed by atoms with Crippen molar-refractivity contribution in [1.82, 2.24) is 15.6 Å². The van der Waals surface area contributed by atoms with Crippen LogP contribution in [0.3, 0.4) is 0 Å². The molecule has 0 radical (unpaired) electrons. The van der Waals surface area contributed by atoms with Gasteiger partial charge in [-0.2, -0.15) is 0 Å². The number of aliphatic hydroxyl groups is 1. The van der Waals surface area contributed by atoms with Crippen molar-refractivity contribution in [3.8, 4) is 0 Å². The minimum absolute atomic E-state index is 0. The van der Waals surface area contributed by atoms with Crippen molar-refractivity contribution < 1.29 is 14.6 Å². The molecule has 2 rings (SSSR count). The molecule has 1 aromatic rings. The second kappa shape index (κ2) is 12.9.